The third kappa shape index (κ3) is 3.23. The Balaban J connectivity index is 2.24. The third-order valence-electron chi connectivity index (χ3n) is 2.86. The smallest absolute Gasteiger partial charge is 0.240 e. The van der Waals surface area contributed by atoms with Gasteiger partial charge in [-0.1, -0.05) is 17.7 Å². The first-order valence-corrected chi connectivity index (χ1v) is 7.04. The van der Waals surface area contributed by atoms with Gasteiger partial charge in [-0.3, -0.25) is 4.79 Å². The van der Waals surface area contributed by atoms with E-state index < -0.39 is 0 Å². The van der Waals surface area contributed by atoms with E-state index in [9.17, 15) is 4.79 Å². The summed E-state index contributed by atoms with van der Waals surface area (Å²) < 4.78 is 6.66. The molecule has 1 N–H and O–H groups in total. The van der Waals surface area contributed by atoms with Crippen molar-refractivity contribution in [2.45, 2.75) is 12.4 Å². The highest BCUT2D eigenvalue weighted by atomic mass is 35.5. The molecule has 0 aliphatic rings. The molecule has 0 aliphatic heterocycles. The molecule has 0 radical (unpaired) electrons. The van der Waals surface area contributed by atoms with Crippen molar-refractivity contribution in [3.8, 4) is 0 Å². The fourth-order valence-electron chi connectivity index (χ4n) is 1.93. The van der Waals surface area contributed by atoms with E-state index in [-0.39, 0.29) is 18.3 Å². The van der Waals surface area contributed by atoms with Gasteiger partial charge in [-0.15, -0.1) is 11.6 Å². The van der Waals surface area contributed by atoms with Crippen molar-refractivity contribution in [2.24, 2.45) is 0 Å². The van der Waals surface area contributed by atoms with Crippen LogP contribution < -0.4 is 5.32 Å². The molecule has 2 aromatic rings. The summed E-state index contributed by atoms with van der Waals surface area (Å²) in [5.74, 6) is 0.723. The molecule has 1 heterocycles. The molecule has 0 bridgehead atoms. The van der Waals surface area contributed by atoms with Crippen LogP contribution in [-0.2, 0) is 22.0 Å². The van der Waals surface area contributed by atoms with Crippen LogP contribution in [0.25, 0.3) is 11.0 Å². The maximum absolute atomic E-state index is 11.9. The number of halogens is 2. The minimum absolute atomic E-state index is 0.118. The summed E-state index contributed by atoms with van der Waals surface area (Å²) in [6.07, 6.45) is 0. The number of ether oxygens (including phenoxy) is 1. The number of hydrogen-bond acceptors (Lipinski definition) is 3. The van der Waals surface area contributed by atoms with E-state index in [2.05, 4.69) is 10.3 Å². The fourth-order valence-corrected chi connectivity index (χ4v) is 2.35. The molecular weight excluding hydrogens is 301 g/mol. The van der Waals surface area contributed by atoms with Gasteiger partial charge in [-0.25, -0.2) is 4.98 Å². The van der Waals surface area contributed by atoms with Crippen molar-refractivity contribution in [1.29, 1.82) is 0 Å². The number of nitrogens with one attached hydrogen (secondary N) is 1. The Hall–Kier alpha value is -1.30. The Morgan fingerprint density at radius 1 is 1.50 bits per heavy atom. The van der Waals surface area contributed by atoms with Crippen molar-refractivity contribution in [3.05, 3.63) is 29.0 Å². The van der Waals surface area contributed by atoms with Crippen LogP contribution in [0.4, 0.5) is 0 Å². The van der Waals surface area contributed by atoms with Crippen LogP contribution in [0.15, 0.2) is 18.2 Å². The maximum Gasteiger partial charge on any atom is 0.240 e. The van der Waals surface area contributed by atoms with E-state index in [1.54, 1.807) is 17.7 Å². The minimum atomic E-state index is -0.118. The summed E-state index contributed by atoms with van der Waals surface area (Å²) in [4.78, 5) is 16.3. The lowest BCUT2D eigenvalue weighted by Gasteiger charge is -2.08. The molecule has 0 atom stereocenters. The zero-order valence-corrected chi connectivity index (χ0v) is 12.5. The van der Waals surface area contributed by atoms with Crippen molar-refractivity contribution in [2.75, 3.05) is 20.3 Å². The highest BCUT2D eigenvalue weighted by molar-refractivity contribution is 6.35. The normalized spacial score (nSPS) is 10.9. The number of carbonyl (C=O) groups is 1. The number of imidazole rings is 1. The second-order valence-electron chi connectivity index (χ2n) is 4.20. The fraction of sp³-hybridized carbons (Fsp3) is 0.385. The van der Waals surface area contributed by atoms with E-state index in [0.29, 0.717) is 29.5 Å². The average Bonchev–Trinajstić information content (AvgIpc) is 2.79. The third-order valence-corrected chi connectivity index (χ3v) is 3.40. The lowest BCUT2D eigenvalue weighted by atomic mass is 10.3. The first-order chi connectivity index (χ1) is 9.67. The van der Waals surface area contributed by atoms with Gasteiger partial charge in [0.1, 0.15) is 17.9 Å². The standard InChI is InChI=1S/C13H15Cl2N3O2/c1-20-6-5-16-12(19)8-18-10-4-2-3-9(15)13(10)17-11(18)7-14/h2-4H,5-8H2,1H3,(H,16,19). The molecule has 108 valence electrons. The predicted octanol–water partition coefficient (Wildman–Crippen LogP) is 2.19. The molecule has 5 nitrogen and oxygen atoms in total. The van der Waals surface area contributed by atoms with E-state index >= 15 is 0 Å². The Morgan fingerprint density at radius 2 is 2.30 bits per heavy atom. The minimum Gasteiger partial charge on any atom is -0.383 e. The number of aromatic nitrogens is 2. The van der Waals surface area contributed by atoms with Crippen molar-refractivity contribution in [1.82, 2.24) is 14.9 Å². The van der Waals surface area contributed by atoms with E-state index in [0.717, 1.165) is 5.52 Å². The largest absolute Gasteiger partial charge is 0.383 e. The van der Waals surface area contributed by atoms with Crippen molar-refractivity contribution < 1.29 is 9.53 Å². The first-order valence-electron chi connectivity index (χ1n) is 6.12. The van der Waals surface area contributed by atoms with Gasteiger partial charge in [0.05, 0.1) is 23.0 Å². The van der Waals surface area contributed by atoms with E-state index in [1.807, 2.05) is 12.1 Å². The van der Waals surface area contributed by atoms with Crippen LogP contribution in [0.1, 0.15) is 5.82 Å². The SMILES string of the molecule is COCCNC(=O)Cn1c(CCl)nc2c(Cl)cccc21. The number of rotatable bonds is 6. The molecule has 0 saturated heterocycles. The summed E-state index contributed by atoms with van der Waals surface area (Å²) in [6.45, 7) is 1.10. The van der Waals surface area contributed by atoms with Crippen LogP contribution in [0.5, 0.6) is 0 Å². The number of hydrogen-bond donors (Lipinski definition) is 1. The molecule has 0 unspecified atom stereocenters. The van der Waals surface area contributed by atoms with Crippen LogP contribution in [0.3, 0.4) is 0 Å². The quantitative estimate of drug-likeness (QED) is 0.656. The van der Waals surface area contributed by atoms with E-state index in [4.69, 9.17) is 27.9 Å². The van der Waals surface area contributed by atoms with Crippen LogP contribution in [0, 0.1) is 0 Å². The molecule has 2 rings (SSSR count). The molecule has 0 saturated carbocycles. The maximum atomic E-state index is 11.9. The Labute approximate surface area is 126 Å². The molecule has 20 heavy (non-hydrogen) atoms. The number of para-hydroxylation sites is 1. The number of amides is 1. The van der Waals surface area contributed by atoms with Gasteiger partial charge in [0.2, 0.25) is 5.91 Å². The second kappa shape index (κ2) is 6.92. The monoisotopic (exact) mass is 315 g/mol. The van der Waals surface area contributed by atoms with Crippen molar-refractivity contribution in [3.63, 3.8) is 0 Å². The Kier molecular flexibility index (Phi) is 5.23. The summed E-state index contributed by atoms with van der Waals surface area (Å²) in [5, 5.41) is 3.31. The lowest BCUT2D eigenvalue weighted by molar-refractivity contribution is -0.121. The number of fused-ring (bicyclic) bond motifs is 1. The molecule has 7 heteroatoms. The van der Waals surface area contributed by atoms with Gasteiger partial charge in [-0.2, -0.15) is 0 Å². The van der Waals surface area contributed by atoms with Crippen LogP contribution in [0.2, 0.25) is 5.02 Å². The first kappa shape index (κ1) is 15.1. The van der Waals surface area contributed by atoms with E-state index in [1.165, 1.54) is 0 Å². The Morgan fingerprint density at radius 3 is 3.00 bits per heavy atom. The summed E-state index contributed by atoms with van der Waals surface area (Å²) in [5.41, 5.74) is 1.46. The van der Waals surface area contributed by atoms with Gasteiger partial charge in [0.15, 0.2) is 0 Å². The predicted molar refractivity (Wildman–Crippen MR) is 79.2 cm³/mol. The second-order valence-corrected chi connectivity index (χ2v) is 4.87. The van der Waals surface area contributed by atoms with Crippen LogP contribution >= 0.6 is 23.2 Å². The number of nitrogens with zero attached hydrogens (tertiary/aromatic N) is 2. The zero-order valence-electron chi connectivity index (χ0n) is 11.0. The topological polar surface area (TPSA) is 56.1 Å². The number of benzene rings is 1. The molecule has 0 aliphatic carbocycles. The average molecular weight is 316 g/mol. The molecule has 0 spiro atoms. The van der Waals surface area contributed by atoms with Gasteiger partial charge >= 0.3 is 0 Å². The summed E-state index contributed by atoms with van der Waals surface area (Å²) >= 11 is 12.0. The Bertz CT molecular complexity index is 613. The zero-order chi connectivity index (χ0) is 14.5. The summed E-state index contributed by atoms with van der Waals surface area (Å²) in [6, 6.07) is 5.45. The highest BCUT2D eigenvalue weighted by Gasteiger charge is 2.14. The lowest BCUT2D eigenvalue weighted by Crippen LogP contribution is -2.30. The number of methoxy groups -OCH3 is 1. The van der Waals surface area contributed by atoms with Crippen molar-refractivity contribution >= 4 is 40.1 Å². The summed E-state index contributed by atoms with van der Waals surface area (Å²) in [7, 11) is 1.59. The van der Waals surface area contributed by atoms with Gasteiger partial charge < -0.3 is 14.6 Å². The molecular formula is C13H15Cl2N3O2. The van der Waals surface area contributed by atoms with Gasteiger partial charge in [-0.05, 0) is 12.1 Å². The van der Waals surface area contributed by atoms with Gasteiger partial charge in [0.25, 0.3) is 0 Å². The number of alkyl halides is 1. The highest BCUT2D eigenvalue weighted by Crippen LogP contribution is 2.24. The van der Waals surface area contributed by atoms with Crippen LogP contribution in [-0.4, -0.2) is 35.7 Å². The molecule has 1 aromatic carbocycles. The molecule has 1 aromatic heterocycles. The number of carbonyl (C=O) groups excluding carboxylic acids is 1. The molecule has 0 fully saturated rings. The van der Waals surface area contributed by atoms with Gasteiger partial charge in [0, 0.05) is 13.7 Å². The molecule has 1 amide bonds.